The molecule has 1 aromatic rings. The van der Waals surface area contributed by atoms with Gasteiger partial charge in [0, 0.05) is 0 Å². The molecule has 0 spiro atoms. The Morgan fingerprint density at radius 3 is 2.33 bits per heavy atom. The van der Waals surface area contributed by atoms with Crippen molar-refractivity contribution in [2.24, 2.45) is 0 Å². The zero-order valence-electron chi connectivity index (χ0n) is 8.56. The molecule has 0 amide bonds. The summed E-state index contributed by atoms with van der Waals surface area (Å²) in [6.45, 7) is 3.30. The summed E-state index contributed by atoms with van der Waals surface area (Å²) in [5, 5.41) is 8.96. The van der Waals surface area contributed by atoms with Crippen LogP contribution in [-0.4, -0.2) is 20.0 Å². The topological polar surface area (TPSA) is 37.3 Å². The number of aliphatic carboxylic acids is 1. The lowest BCUT2D eigenvalue weighted by molar-refractivity contribution is -0.138. The second-order valence-corrected chi connectivity index (χ2v) is 5.87. The number of thiocarbonyl (C=S) groups is 1. The minimum absolute atomic E-state index is 0.614. The molecule has 2 nitrogen and oxygen atoms in total. The first kappa shape index (κ1) is 12.2. The molecule has 0 unspecified atom stereocenters. The standard InChI is InChI=1S/C11H12O2S2/c1-11(2,10(12)13)15-9(14)8-6-4-3-5-7-8/h3-7H,1-2H3,(H,12,13). The van der Waals surface area contributed by atoms with E-state index in [1.165, 1.54) is 11.8 Å². The molecule has 0 saturated heterocycles. The molecule has 1 rings (SSSR count). The van der Waals surface area contributed by atoms with Crippen molar-refractivity contribution >= 4 is 34.1 Å². The summed E-state index contributed by atoms with van der Waals surface area (Å²) in [7, 11) is 0. The quantitative estimate of drug-likeness (QED) is 0.824. The molecule has 0 aromatic heterocycles. The van der Waals surface area contributed by atoms with Crippen molar-refractivity contribution in [1.82, 2.24) is 0 Å². The molecule has 1 aromatic carbocycles. The Kier molecular flexibility index (Phi) is 3.88. The molecule has 4 heteroatoms. The van der Waals surface area contributed by atoms with Crippen molar-refractivity contribution in [3.05, 3.63) is 35.9 Å². The predicted molar refractivity (Wildman–Crippen MR) is 67.4 cm³/mol. The number of hydrogen-bond donors (Lipinski definition) is 1. The second kappa shape index (κ2) is 4.77. The van der Waals surface area contributed by atoms with Crippen LogP contribution in [0.4, 0.5) is 0 Å². The fourth-order valence-corrected chi connectivity index (χ4v) is 2.47. The van der Waals surface area contributed by atoms with Crippen molar-refractivity contribution < 1.29 is 9.90 Å². The third-order valence-corrected chi connectivity index (χ3v) is 3.46. The first-order chi connectivity index (χ1) is 6.93. The Labute approximate surface area is 98.7 Å². The fourth-order valence-electron chi connectivity index (χ4n) is 0.909. The van der Waals surface area contributed by atoms with Crippen molar-refractivity contribution in [3.63, 3.8) is 0 Å². The van der Waals surface area contributed by atoms with Crippen molar-refractivity contribution in [3.8, 4) is 0 Å². The molecule has 0 aliphatic rings. The second-order valence-electron chi connectivity index (χ2n) is 3.57. The lowest BCUT2D eigenvalue weighted by Gasteiger charge is -2.18. The van der Waals surface area contributed by atoms with E-state index in [-0.39, 0.29) is 0 Å². The minimum Gasteiger partial charge on any atom is -0.480 e. The molecule has 0 radical (unpaired) electrons. The summed E-state index contributed by atoms with van der Waals surface area (Å²) in [4.78, 5) is 10.9. The van der Waals surface area contributed by atoms with Crippen LogP contribution in [0.1, 0.15) is 19.4 Å². The molecule has 15 heavy (non-hydrogen) atoms. The maximum absolute atomic E-state index is 10.9. The number of benzene rings is 1. The van der Waals surface area contributed by atoms with E-state index in [4.69, 9.17) is 17.3 Å². The van der Waals surface area contributed by atoms with Crippen LogP contribution in [0.3, 0.4) is 0 Å². The average Bonchev–Trinajstić information content (AvgIpc) is 2.18. The van der Waals surface area contributed by atoms with Gasteiger partial charge in [0.1, 0.15) is 4.75 Å². The Morgan fingerprint density at radius 2 is 1.87 bits per heavy atom. The van der Waals surface area contributed by atoms with E-state index < -0.39 is 10.7 Å². The van der Waals surface area contributed by atoms with Crippen LogP contribution < -0.4 is 0 Å². The highest BCUT2D eigenvalue weighted by Crippen LogP contribution is 2.28. The van der Waals surface area contributed by atoms with Gasteiger partial charge in [0.2, 0.25) is 0 Å². The molecule has 0 saturated carbocycles. The van der Waals surface area contributed by atoms with E-state index in [0.29, 0.717) is 4.20 Å². The number of carbonyl (C=O) groups is 1. The van der Waals surface area contributed by atoms with E-state index in [2.05, 4.69) is 0 Å². The first-order valence-electron chi connectivity index (χ1n) is 4.45. The van der Waals surface area contributed by atoms with Gasteiger partial charge in [-0.3, -0.25) is 4.79 Å². The van der Waals surface area contributed by atoms with Gasteiger partial charge >= 0.3 is 5.97 Å². The lowest BCUT2D eigenvalue weighted by Crippen LogP contribution is -2.28. The van der Waals surface area contributed by atoms with Crippen LogP contribution in [0, 0.1) is 0 Å². The molecule has 0 aliphatic heterocycles. The Balaban J connectivity index is 2.77. The predicted octanol–water partition coefficient (Wildman–Crippen LogP) is 2.96. The number of hydrogen-bond acceptors (Lipinski definition) is 3. The molecule has 80 valence electrons. The Bertz CT molecular complexity index is 371. The number of rotatable bonds is 3. The first-order valence-corrected chi connectivity index (χ1v) is 5.68. The van der Waals surface area contributed by atoms with Crippen LogP contribution in [0.15, 0.2) is 30.3 Å². The highest BCUT2D eigenvalue weighted by Gasteiger charge is 2.29. The molecular formula is C11H12O2S2. The lowest BCUT2D eigenvalue weighted by atomic mass is 10.2. The van der Waals surface area contributed by atoms with Crippen molar-refractivity contribution in [2.45, 2.75) is 18.6 Å². The SMILES string of the molecule is CC(C)(SC(=S)c1ccccc1)C(=O)O. The highest BCUT2D eigenvalue weighted by atomic mass is 32.2. The van der Waals surface area contributed by atoms with Gasteiger partial charge in [-0.25, -0.2) is 0 Å². The number of thioether (sulfide) groups is 1. The largest absolute Gasteiger partial charge is 0.480 e. The number of carboxylic acids is 1. The monoisotopic (exact) mass is 240 g/mol. The van der Waals surface area contributed by atoms with E-state index in [1.807, 2.05) is 30.3 Å². The molecule has 0 fully saturated rings. The van der Waals surface area contributed by atoms with Gasteiger partial charge in [0.05, 0.1) is 4.20 Å². The van der Waals surface area contributed by atoms with Crippen LogP contribution in [0.2, 0.25) is 0 Å². The Hall–Kier alpha value is -0.870. The molecular weight excluding hydrogens is 228 g/mol. The van der Waals surface area contributed by atoms with Gasteiger partial charge in [0.15, 0.2) is 0 Å². The van der Waals surface area contributed by atoms with Crippen LogP contribution in [0.5, 0.6) is 0 Å². The Morgan fingerprint density at radius 1 is 1.33 bits per heavy atom. The number of carboxylic acid groups (broad SMARTS) is 1. The molecule has 0 bridgehead atoms. The summed E-state index contributed by atoms with van der Waals surface area (Å²) in [5.74, 6) is -0.856. The zero-order chi connectivity index (χ0) is 11.5. The molecule has 0 atom stereocenters. The normalized spacial score (nSPS) is 11.1. The maximum Gasteiger partial charge on any atom is 0.319 e. The third kappa shape index (κ3) is 3.32. The summed E-state index contributed by atoms with van der Waals surface area (Å²) in [5.41, 5.74) is 0.895. The van der Waals surface area contributed by atoms with Gasteiger partial charge in [0.25, 0.3) is 0 Å². The summed E-state index contributed by atoms with van der Waals surface area (Å²) >= 11 is 6.38. The third-order valence-electron chi connectivity index (χ3n) is 1.87. The molecule has 1 N–H and O–H groups in total. The zero-order valence-corrected chi connectivity index (χ0v) is 10.2. The minimum atomic E-state index is -0.882. The van der Waals surface area contributed by atoms with E-state index in [0.717, 1.165) is 5.56 Å². The van der Waals surface area contributed by atoms with Crippen LogP contribution in [-0.2, 0) is 4.79 Å². The molecule has 0 aliphatic carbocycles. The summed E-state index contributed by atoms with van der Waals surface area (Å²) in [6, 6.07) is 9.44. The van der Waals surface area contributed by atoms with Gasteiger partial charge in [-0.05, 0) is 19.4 Å². The average molecular weight is 240 g/mol. The maximum atomic E-state index is 10.9. The van der Waals surface area contributed by atoms with Crippen LogP contribution >= 0.6 is 24.0 Å². The van der Waals surface area contributed by atoms with E-state index in [1.54, 1.807) is 13.8 Å². The van der Waals surface area contributed by atoms with Gasteiger partial charge < -0.3 is 5.11 Å². The summed E-state index contributed by atoms with van der Waals surface area (Å²) < 4.78 is -0.268. The molecule has 0 heterocycles. The van der Waals surface area contributed by atoms with Crippen molar-refractivity contribution in [2.75, 3.05) is 0 Å². The van der Waals surface area contributed by atoms with Gasteiger partial charge in [-0.15, -0.1) is 0 Å². The fraction of sp³-hybridized carbons (Fsp3) is 0.273. The van der Waals surface area contributed by atoms with Gasteiger partial charge in [-0.2, -0.15) is 0 Å². The van der Waals surface area contributed by atoms with E-state index in [9.17, 15) is 4.79 Å². The highest BCUT2D eigenvalue weighted by molar-refractivity contribution is 8.24. The van der Waals surface area contributed by atoms with E-state index >= 15 is 0 Å². The van der Waals surface area contributed by atoms with Gasteiger partial charge in [-0.1, -0.05) is 54.3 Å². The van der Waals surface area contributed by atoms with Crippen LogP contribution in [0.25, 0.3) is 0 Å². The summed E-state index contributed by atoms with van der Waals surface area (Å²) in [6.07, 6.45) is 0. The smallest absolute Gasteiger partial charge is 0.319 e. The van der Waals surface area contributed by atoms with Crippen molar-refractivity contribution in [1.29, 1.82) is 0 Å².